The molecule has 1 N–H and O–H groups in total. The zero-order chi connectivity index (χ0) is 15.2. The fourth-order valence-electron chi connectivity index (χ4n) is 1.91. The molecule has 0 radical (unpaired) electrons. The number of benzene rings is 2. The van der Waals surface area contributed by atoms with Gasteiger partial charge in [0.05, 0.1) is 5.69 Å². The van der Waals surface area contributed by atoms with E-state index in [1.54, 1.807) is 18.2 Å². The van der Waals surface area contributed by atoms with Crippen molar-refractivity contribution in [2.75, 3.05) is 5.32 Å². The number of hydrogen-bond acceptors (Lipinski definition) is 2. The lowest BCUT2D eigenvalue weighted by molar-refractivity contribution is 0.104. The van der Waals surface area contributed by atoms with E-state index in [1.165, 1.54) is 23.9 Å². The molecule has 0 saturated carbocycles. The number of rotatable bonds is 5. The van der Waals surface area contributed by atoms with Gasteiger partial charge in [-0.1, -0.05) is 50.2 Å². The molecule has 21 heavy (non-hydrogen) atoms. The number of carbonyl (C=O) groups excluding carboxylic acids is 1. The van der Waals surface area contributed by atoms with Crippen molar-refractivity contribution in [2.24, 2.45) is 0 Å². The first-order valence-corrected chi connectivity index (χ1v) is 6.90. The first-order chi connectivity index (χ1) is 10.1. The van der Waals surface area contributed by atoms with Crippen molar-refractivity contribution in [1.82, 2.24) is 0 Å². The Kier molecular flexibility index (Phi) is 4.88. The molecule has 0 aliphatic heterocycles. The minimum Gasteiger partial charge on any atom is -0.359 e. The van der Waals surface area contributed by atoms with Crippen molar-refractivity contribution in [3.63, 3.8) is 0 Å². The number of halogens is 1. The van der Waals surface area contributed by atoms with Crippen molar-refractivity contribution in [1.29, 1.82) is 0 Å². The Morgan fingerprint density at radius 3 is 2.38 bits per heavy atom. The summed E-state index contributed by atoms with van der Waals surface area (Å²) < 4.78 is 13.4. The van der Waals surface area contributed by atoms with Crippen LogP contribution < -0.4 is 5.32 Å². The molecule has 0 amide bonds. The summed E-state index contributed by atoms with van der Waals surface area (Å²) in [5.74, 6) is -0.0301. The lowest BCUT2D eigenvalue weighted by Crippen LogP contribution is -1.98. The molecular weight excluding hydrogens is 265 g/mol. The Morgan fingerprint density at radius 2 is 1.76 bits per heavy atom. The summed E-state index contributed by atoms with van der Waals surface area (Å²) in [5, 5.41) is 2.77. The maximum Gasteiger partial charge on any atom is 0.187 e. The zero-order valence-electron chi connectivity index (χ0n) is 12.1. The Hall–Kier alpha value is -2.42. The Labute approximate surface area is 124 Å². The summed E-state index contributed by atoms with van der Waals surface area (Å²) in [6.07, 6.45) is 2.86. The molecule has 2 rings (SSSR count). The number of para-hydroxylation sites is 1. The van der Waals surface area contributed by atoms with Crippen LogP contribution in [-0.4, -0.2) is 5.78 Å². The highest BCUT2D eigenvalue weighted by atomic mass is 19.1. The van der Waals surface area contributed by atoms with E-state index in [0.29, 0.717) is 17.2 Å². The van der Waals surface area contributed by atoms with Crippen LogP contribution in [0.2, 0.25) is 0 Å². The van der Waals surface area contributed by atoms with Crippen LogP contribution >= 0.6 is 0 Å². The van der Waals surface area contributed by atoms with E-state index in [1.807, 2.05) is 24.3 Å². The van der Waals surface area contributed by atoms with Crippen LogP contribution in [0, 0.1) is 5.82 Å². The van der Waals surface area contributed by atoms with Crippen LogP contribution in [0.1, 0.15) is 35.7 Å². The van der Waals surface area contributed by atoms with Crippen LogP contribution in [0.15, 0.2) is 60.8 Å². The predicted octanol–water partition coefficient (Wildman–Crippen LogP) is 4.76. The second kappa shape index (κ2) is 6.84. The van der Waals surface area contributed by atoms with E-state index in [2.05, 4.69) is 19.2 Å². The normalized spacial score (nSPS) is 11.0. The topological polar surface area (TPSA) is 29.1 Å². The summed E-state index contributed by atoms with van der Waals surface area (Å²) in [6.45, 7) is 4.21. The molecule has 0 unspecified atom stereocenters. The van der Waals surface area contributed by atoms with Gasteiger partial charge < -0.3 is 5.32 Å². The third-order valence-corrected chi connectivity index (χ3v) is 3.21. The van der Waals surface area contributed by atoms with Gasteiger partial charge in [-0.15, -0.1) is 0 Å². The number of anilines is 1. The summed E-state index contributed by atoms with van der Waals surface area (Å²) in [4.78, 5) is 12.0. The van der Waals surface area contributed by atoms with Crippen molar-refractivity contribution >= 4 is 11.5 Å². The number of carbonyl (C=O) groups is 1. The molecule has 0 bridgehead atoms. The van der Waals surface area contributed by atoms with E-state index in [9.17, 15) is 9.18 Å². The molecule has 0 aliphatic carbocycles. The Morgan fingerprint density at radius 1 is 1.10 bits per heavy atom. The van der Waals surface area contributed by atoms with E-state index >= 15 is 0 Å². The lowest BCUT2D eigenvalue weighted by atomic mass is 10.0. The standard InChI is InChI=1S/C18H18FNO/c1-13(2)14-7-9-15(10-8-14)18(21)11-12-20-17-6-4-3-5-16(17)19/h3-13,20H,1-2H3. The molecule has 0 aromatic heterocycles. The van der Waals surface area contributed by atoms with Crippen molar-refractivity contribution in [3.05, 3.63) is 77.8 Å². The molecule has 0 spiro atoms. The summed E-state index contributed by atoms with van der Waals surface area (Å²) in [7, 11) is 0. The predicted molar refractivity (Wildman–Crippen MR) is 84.0 cm³/mol. The molecule has 2 aromatic carbocycles. The fourth-order valence-corrected chi connectivity index (χ4v) is 1.91. The van der Waals surface area contributed by atoms with Crippen LogP contribution in [0.5, 0.6) is 0 Å². The van der Waals surface area contributed by atoms with Gasteiger partial charge in [-0.2, -0.15) is 0 Å². The SMILES string of the molecule is CC(C)c1ccc(C(=O)C=CNc2ccccc2F)cc1. The first-order valence-electron chi connectivity index (χ1n) is 6.90. The van der Waals surface area contributed by atoms with Gasteiger partial charge in [0, 0.05) is 17.8 Å². The molecule has 3 heteroatoms. The number of hydrogen-bond donors (Lipinski definition) is 1. The largest absolute Gasteiger partial charge is 0.359 e. The quantitative estimate of drug-likeness (QED) is 0.633. The zero-order valence-corrected chi connectivity index (χ0v) is 12.1. The van der Waals surface area contributed by atoms with Crippen molar-refractivity contribution in [2.45, 2.75) is 19.8 Å². The van der Waals surface area contributed by atoms with E-state index in [-0.39, 0.29) is 11.6 Å². The third-order valence-electron chi connectivity index (χ3n) is 3.21. The average Bonchev–Trinajstić information content (AvgIpc) is 2.49. The molecular formula is C18H18FNO. The minimum absolute atomic E-state index is 0.117. The molecule has 108 valence electrons. The monoisotopic (exact) mass is 283 g/mol. The highest BCUT2D eigenvalue weighted by Gasteiger charge is 2.04. The van der Waals surface area contributed by atoms with Gasteiger partial charge in [0.15, 0.2) is 5.78 Å². The van der Waals surface area contributed by atoms with Gasteiger partial charge in [0.2, 0.25) is 0 Å². The number of ketones is 1. The molecule has 2 aromatic rings. The molecule has 0 fully saturated rings. The lowest BCUT2D eigenvalue weighted by Gasteiger charge is -2.05. The highest BCUT2D eigenvalue weighted by molar-refractivity contribution is 6.04. The average molecular weight is 283 g/mol. The summed E-state index contributed by atoms with van der Waals surface area (Å²) in [6, 6.07) is 13.9. The Balaban J connectivity index is 2.01. The van der Waals surface area contributed by atoms with E-state index in [0.717, 1.165) is 0 Å². The molecule has 0 saturated heterocycles. The Bertz CT molecular complexity index is 645. The summed E-state index contributed by atoms with van der Waals surface area (Å²) >= 11 is 0. The maximum atomic E-state index is 13.4. The first kappa shape index (κ1) is 15.0. The van der Waals surface area contributed by atoms with Gasteiger partial charge in [-0.05, 0) is 23.6 Å². The second-order valence-electron chi connectivity index (χ2n) is 5.10. The number of allylic oxidation sites excluding steroid dienone is 1. The van der Waals surface area contributed by atoms with Gasteiger partial charge in [-0.3, -0.25) is 4.79 Å². The smallest absolute Gasteiger partial charge is 0.187 e. The van der Waals surface area contributed by atoms with Crippen LogP contribution in [0.25, 0.3) is 0 Å². The molecule has 0 atom stereocenters. The van der Waals surface area contributed by atoms with Crippen LogP contribution in [0.4, 0.5) is 10.1 Å². The second-order valence-corrected chi connectivity index (χ2v) is 5.10. The summed E-state index contributed by atoms with van der Waals surface area (Å²) in [5.41, 5.74) is 2.16. The van der Waals surface area contributed by atoms with Crippen LogP contribution in [-0.2, 0) is 0 Å². The van der Waals surface area contributed by atoms with Gasteiger partial charge >= 0.3 is 0 Å². The van der Waals surface area contributed by atoms with E-state index in [4.69, 9.17) is 0 Å². The fraction of sp³-hybridized carbons (Fsp3) is 0.167. The van der Waals surface area contributed by atoms with Crippen molar-refractivity contribution in [3.8, 4) is 0 Å². The van der Waals surface area contributed by atoms with Crippen LogP contribution in [0.3, 0.4) is 0 Å². The highest BCUT2D eigenvalue weighted by Crippen LogP contribution is 2.15. The third kappa shape index (κ3) is 4.02. The molecule has 0 heterocycles. The maximum absolute atomic E-state index is 13.4. The minimum atomic E-state index is -0.351. The van der Waals surface area contributed by atoms with Gasteiger partial charge in [-0.25, -0.2) is 4.39 Å². The van der Waals surface area contributed by atoms with Gasteiger partial charge in [0.1, 0.15) is 5.82 Å². The molecule has 2 nitrogen and oxygen atoms in total. The van der Waals surface area contributed by atoms with E-state index < -0.39 is 0 Å². The molecule has 0 aliphatic rings. The van der Waals surface area contributed by atoms with Crippen molar-refractivity contribution < 1.29 is 9.18 Å². The van der Waals surface area contributed by atoms with Gasteiger partial charge in [0.25, 0.3) is 0 Å². The number of nitrogens with one attached hydrogen (secondary N) is 1.